The number of ether oxygens (including phenoxy) is 1. The Labute approximate surface area is 175 Å². The highest BCUT2D eigenvalue weighted by Crippen LogP contribution is 2.35. The Bertz CT molecular complexity index is 1250. The van der Waals surface area contributed by atoms with E-state index >= 15 is 0 Å². The maximum atomic E-state index is 12.5. The van der Waals surface area contributed by atoms with E-state index in [1.807, 2.05) is 13.0 Å². The minimum atomic E-state index is -0.452. The number of rotatable bonds is 3. The normalized spacial score (nSPS) is 11.0. The SMILES string of the molecule is Cc1ccc(Oc2ccc3c(-c4c(Cl)cccc4Cl)c(=O)ncn3n2)c(Cl)c1. The number of aryl methyl sites for hydroxylation is 1. The molecule has 4 rings (SSSR count). The van der Waals surface area contributed by atoms with Crippen molar-refractivity contribution in [2.75, 3.05) is 0 Å². The first-order chi connectivity index (χ1) is 13.4. The Morgan fingerprint density at radius 1 is 0.929 bits per heavy atom. The molecule has 0 bridgehead atoms. The minimum Gasteiger partial charge on any atom is -0.436 e. The topological polar surface area (TPSA) is 56.5 Å². The van der Waals surface area contributed by atoms with Gasteiger partial charge in [-0.05, 0) is 42.8 Å². The van der Waals surface area contributed by atoms with Crippen LogP contribution in [0.2, 0.25) is 15.1 Å². The zero-order valence-corrected chi connectivity index (χ0v) is 16.8. The molecule has 5 nitrogen and oxygen atoms in total. The highest BCUT2D eigenvalue weighted by Gasteiger charge is 2.17. The van der Waals surface area contributed by atoms with E-state index in [-0.39, 0.29) is 5.56 Å². The zero-order chi connectivity index (χ0) is 19.8. The van der Waals surface area contributed by atoms with E-state index in [1.54, 1.807) is 42.5 Å². The van der Waals surface area contributed by atoms with Crippen LogP contribution in [0.25, 0.3) is 16.6 Å². The standard InChI is InChI=1S/C20H12Cl3N3O2/c1-11-5-7-16(14(23)9-11)28-17-8-6-15-19(20(27)24-10-26(15)25-17)18-12(21)3-2-4-13(18)22/h2-10H,1H3. The minimum absolute atomic E-state index is 0.269. The van der Waals surface area contributed by atoms with Gasteiger partial charge in [-0.25, -0.2) is 4.52 Å². The van der Waals surface area contributed by atoms with Crippen molar-refractivity contribution in [2.45, 2.75) is 6.92 Å². The third-order valence-corrected chi connectivity index (χ3v) is 5.03. The molecule has 0 aliphatic heterocycles. The van der Waals surface area contributed by atoms with Crippen LogP contribution in [0.3, 0.4) is 0 Å². The van der Waals surface area contributed by atoms with Crippen LogP contribution >= 0.6 is 34.8 Å². The first-order valence-electron chi connectivity index (χ1n) is 8.21. The summed E-state index contributed by atoms with van der Waals surface area (Å²) in [4.78, 5) is 16.4. The van der Waals surface area contributed by atoms with Crippen LogP contribution < -0.4 is 10.3 Å². The fraction of sp³-hybridized carbons (Fsp3) is 0.0500. The van der Waals surface area contributed by atoms with E-state index in [0.717, 1.165) is 5.56 Å². The van der Waals surface area contributed by atoms with E-state index in [9.17, 15) is 4.79 Å². The van der Waals surface area contributed by atoms with Crippen molar-refractivity contribution in [1.82, 2.24) is 14.6 Å². The van der Waals surface area contributed by atoms with Crippen LogP contribution in [0.1, 0.15) is 5.56 Å². The van der Waals surface area contributed by atoms with E-state index in [0.29, 0.717) is 37.8 Å². The van der Waals surface area contributed by atoms with Crippen LogP contribution in [-0.4, -0.2) is 14.6 Å². The Kier molecular flexibility index (Phi) is 4.98. The summed E-state index contributed by atoms with van der Waals surface area (Å²) in [5, 5.41) is 5.55. The van der Waals surface area contributed by atoms with Gasteiger partial charge in [-0.2, -0.15) is 4.98 Å². The number of hydrogen-bond donors (Lipinski definition) is 0. The van der Waals surface area contributed by atoms with Gasteiger partial charge in [0.2, 0.25) is 5.88 Å². The second kappa shape index (κ2) is 7.43. The predicted octanol–water partition coefficient (Wildman–Crippen LogP) is 5.82. The zero-order valence-electron chi connectivity index (χ0n) is 14.5. The average molecular weight is 433 g/mol. The van der Waals surface area contributed by atoms with Gasteiger partial charge in [0.05, 0.1) is 26.1 Å². The molecule has 0 saturated carbocycles. The molecule has 0 unspecified atom stereocenters. The van der Waals surface area contributed by atoms with Crippen molar-refractivity contribution in [3.05, 3.63) is 85.8 Å². The molecule has 0 radical (unpaired) electrons. The maximum Gasteiger partial charge on any atom is 0.281 e. The van der Waals surface area contributed by atoms with Gasteiger partial charge in [-0.1, -0.05) is 46.9 Å². The molecule has 0 saturated heterocycles. The smallest absolute Gasteiger partial charge is 0.281 e. The summed E-state index contributed by atoms with van der Waals surface area (Å²) in [6.45, 7) is 1.94. The Morgan fingerprint density at radius 3 is 2.39 bits per heavy atom. The summed E-state index contributed by atoms with van der Waals surface area (Å²) in [6.07, 6.45) is 1.32. The molecule has 0 spiro atoms. The van der Waals surface area contributed by atoms with Crippen LogP contribution in [-0.2, 0) is 0 Å². The van der Waals surface area contributed by atoms with E-state index < -0.39 is 5.56 Å². The van der Waals surface area contributed by atoms with E-state index in [4.69, 9.17) is 39.5 Å². The first-order valence-corrected chi connectivity index (χ1v) is 9.34. The van der Waals surface area contributed by atoms with Crippen LogP contribution in [0.15, 0.2) is 59.7 Å². The van der Waals surface area contributed by atoms with Crippen molar-refractivity contribution in [1.29, 1.82) is 0 Å². The van der Waals surface area contributed by atoms with Gasteiger partial charge in [0, 0.05) is 11.6 Å². The Balaban J connectivity index is 1.84. The van der Waals surface area contributed by atoms with Crippen molar-refractivity contribution in [3.63, 3.8) is 0 Å². The highest BCUT2D eigenvalue weighted by atomic mass is 35.5. The fourth-order valence-corrected chi connectivity index (χ4v) is 3.67. The lowest BCUT2D eigenvalue weighted by Crippen LogP contribution is -2.14. The summed E-state index contributed by atoms with van der Waals surface area (Å²) >= 11 is 18.8. The lowest BCUT2D eigenvalue weighted by molar-refractivity contribution is 0.452. The average Bonchev–Trinajstić information content (AvgIpc) is 2.65. The number of benzene rings is 2. The van der Waals surface area contributed by atoms with Crippen molar-refractivity contribution < 1.29 is 4.74 Å². The molecular formula is C20H12Cl3N3O2. The number of fused-ring (bicyclic) bond motifs is 1. The van der Waals surface area contributed by atoms with E-state index in [1.165, 1.54) is 10.8 Å². The van der Waals surface area contributed by atoms with Crippen LogP contribution in [0.4, 0.5) is 0 Å². The van der Waals surface area contributed by atoms with Gasteiger partial charge in [0.1, 0.15) is 12.1 Å². The maximum absolute atomic E-state index is 12.5. The molecule has 0 amide bonds. The number of hydrogen-bond acceptors (Lipinski definition) is 4. The largest absolute Gasteiger partial charge is 0.436 e. The molecule has 2 aromatic carbocycles. The molecular weight excluding hydrogens is 421 g/mol. The Morgan fingerprint density at radius 2 is 1.68 bits per heavy atom. The third-order valence-electron chi connectivity index (χ3n) is 4.11. The number of nitrogens with zero attached hydrogens (tertiary/aromatic N) is 3. The van der Waals surface area contributed by atoms with E-state index in [2.05, 4.69) is 10.1 Å². The van der Waals surface area contributed by atoms with Crippen LogP contribution in [0, 0.1) is 6.92 Å². The summed E-state index contributed by atoms with van der Waals surface area (Å²) in [6, 6.07) is 13.8. The molecule has 0 atom stereocenters. The van der Waals surface area contributed by atoms with Gasteiger partial charge in [0.25, 0.3) is 5.56 Å². The van der Waals surface area contributed by atoms with Gasteiger partial charge in [-0.3, -0.25) is 4.79 Å². The highest BCUT2D eigenvalue weighted by molar-refractivity contribution is 6.39. The van der Waals surface area contributed by atoms with Crippen LogP contribution in [0.5, 0.6) is 11.6 Å². The molecule has 2 heterocycles. The number of aromatic nitrogens is 3. The van der Waals surface area contributed by atoms with Gasteiger partial charge < -0.3 is 4.74 Å². The molecule has 8 heteroatoms. The first kappa shape index (κ1) is 18.7. The predicted molar refractivity (Wildman–Crippen MR) is 111 cm³/mol. The second-order valence-electron chi connectivity index (χ2n) is 6.06. The molecule has 4 aromatic rings. The fourth-order valence-electron chi connectivity index (χ4n) is 2.81. The quantitative estimate of drug-likeness (QED) is 0.409. The second-order valence-corrected chi connectivity index (χ2v) is 7.28. The van der Waals surface area contributed by atoms with Crippen molar-refractivity contribution in [3.8, 4) is 22.8 Å². The molecule has 0 fully saturated rings. The van der Waals surface area contributed by atoms with Gasteiger partial charge in [-0.15, -0.1) is 5.10 Å². The monoisotopic (exact) mass is 431 g/mol. The van der Waals surface area contributed by atoms with Crippen molar-refractivity contribution in [2.24, 2.45) is 0 Å². The molecule has 140 valence electrons. The van der Waals surface area contributed by atoms with Crippen molar-refractivity contribution >= 4 is 40.3 Å². The lowest BCUT2D eigenvalue weighted by Gasteiger charge is -2.11. The summed E-state index contributed by atoms with van der Waals surface area (Å²) < 4.78 is 7.21. The lowest BCUT2D eigenvalue weighted by atomic mass is 10.1. The molecule has 2 aromatic heterocycles. The molecule has 0 aliphatic rings. The molecule has 28 heavy (non-hydrogen) atoms. The summed E-state index contributed by atoms with van der Waals surface area (Å²) in [5.74, 6) is 0.766. The molecule has 0 aliphatic carbocycles. The van der Waals surface area contributed by atoms with Gasteiger partial charge in [0.15, 0.2) is 0 Å². The third kappa shape index (κ3) is 3.44. The Hall–Kier alpha value is -2.60. The summed E-state index contributed by atoms with van der Waals surface area (Å²) in [7, 11) is 0. The summed E-state index contributed by atoms with van der Waals surface area (Å²) in [5.41, 5.74) is 1.75. The van der Waals surface area contributed by atoms with Gasteiger partial charge >= 0.3 is 0 Å². The molecule has 0 N–H and O–H groups in total. The number of halogens is 3.